The molecule has 4 heteroatoms. The van der Waals surface area contributed by atoms with Gasteiger partial charge in [-0.2, -0.15) is 0 Å². The molecule has 0 aliphatic carbocycles. The number of allylic oxidation sites excluding steroid dienone is 2. The molecule has 0 bridgehead atoms. The zero-order valence-electron chi connectivity index (χ0n) is 14.0. The molecule has 0 radical (unpaired) electrons. The summed E-state index contributed by atoms with van der Waals surface area (Å²) in [5, 5.41) is 10.4. The summed E-state index contributed by atoms with van der Waals surface area (Å²) in [6, 6.07) is 0. The highest BCUT2D eigenvalue weighted by Gasteiger charge is 2.41. The van der Waals surface area contributed by atoms with Crippen molar-refractivity contribution in [3.63, 3.8) is 0 Å². The second-order valence-corrected chi connectivity index (χ2v) is 6.10. The van der Waals surface area contributed by atoms with E-state index in [1.54, 1.807) is 20.8 Å². The first-order valence-electron chi connectivity index (χ1n) is 7.87. The molecule has 4 nitrogen and oxygen atoms in total. The van der Waals surface area contributed by atoms with Crippen molar-refractivity contribution < 1.29 is 19.4 Å². The average Bonchev–Trinajstić information content (AvgIpc) is 2.50. The molecule has 1 aliphatic rings. The van der Waals surface area contributed by atoms with Gasteiger partial charge in [0.1, 0.15) is 17.6 Å². The van der Waals surface area contributed by atoms with Crippen molar-refractivity contribution in [2.45, 2.75) is 66.6 Å². The minimum absolute atomic E-state index is 0.0339. The molecular weight excluding hydrogens is 268 g/mol. The van der Waals surface area contributed by atoms with Crippen molar-refractivity contribution in [3.8, 4) is 0 Å². The summed E-state index contributed by atoms with van der Waals surface area (Å²) in [4.78, 5) is 24.1. The van der Waals surface area contributed by atoms with Crippen molar-refractivity contribution in [2.75, 3.05) is 0 Å². The molecule has 0 aromatic rings. The predicted molar refractivity (Wildman–Crippen MR) is 81.7 cm³/mol. The van der Waals surface area contributed by atoms with E-state index in [0.717, 1.165) is 0 Å². The molecular formula is C17H28O4. The normalized spacial score (nSPS) is 27.1. The minimum Gasteiger partial charge on any atom is -0.493 e. The number of carbonyl (C=O) groups excluding carboxylic acids is 2. The van der Waals surface area contributed by atoms with Crippen LogP contribution in [0.25, 0.3) is 0 Å². The Kier molecular flexibility index (Phi) is 6.14. The third-order valence-electron chi connectivity index (χ3n) is 4.72. The number of hydrogen-bond donors (Lipinski definition) is 1. The van der Waals surface area contributed by atoms with E-state index in [4.69, 9.17) is 4.74 Å². The van der Waals surface area contributed by atoms with Crippen molar-refractivity contribution in [1.29, 1.82) is 0 Å². The molecule has 1 rings (SSSR count). The lowest BCUT2D eigenvalue weighted by molar-refractivity contribution is -0.134. The molecule has 0 aromatic carbocycles. The summed E-state index contributed by atoms with van der Waals surface area (Å²) in [6.07, 6.45) is -0.107. The molecule has 1 heterocycles. The van der Waals surface area contributed by atoms with Crippen molar-refractivity contribution in [3.05, 3.63) is 11.3 Å². The Morgan fingerprint density at radius 1 is 1.33 bits per heavy atom. The first kappa shape index (κ1) is 17.9. The Hall–Kier alpha value is -1.16. The van der Waals surface area contributed by atoms with E-state index in [9.17, 15) is 14.7 Å². The van der Waals surface area contributed by atoms with Crippen molar-refractivity contribution in [1.82, 2.24) is 0 Å². The molecule has 0 unspecified atom stereocenters. The van der Waals surface area contributed by atoms with E-state index in [2.05, 4.69) is 0 Å². The van der Waals surface area contributed by atoms with Crippen LogP contribution in [0.15, 0.2) is 11.3 Å². The zero-order chi connectivity index (χ0) is 16.3. The second kappa shape index (κ2) is 7.21. The Morgan fingerprint density at radius 3 is 2.38 bits per heavy atom. The number of Topliss-reactive ketones (excluding diaryl/α,β-unsaturated/α-hetero) is 2. The smallest absolute Gasteiger partial charge is 0.168 e. The van der Waals surface area contributed by atoms with Gasteiger partial charge in [-0.05, 0) is 6.92 Å². The number of rotatable bonds is 6. The second-order valence-electron chi connectivity index (χ2n) is 6.10. The third kappa shape index (κ3) is 3.54. The molecule has 5 atom stereocenters. The lowest BCUT2D eigenvalue weighted by atomic mass is 9.78. The molecule has 0 saturated carbocycles. The molecule has 0 saturated heterocycles. The van der Waals surface area contributed by atoms with Crippen LogP contribution in [0.4, 0.5) is 0 Å². The van der Waals surface area contributed by atoms with Gasteiger partial charge < -0.3 is 9.84 Å². The first-order chi connectivity index (χ1) is 9.76. The van der Waals surface area contributed by atoms with Crippen LogP contribution in [0.2, 0.25) is 0 Å². The fraction of sp³-hybridized carbons (Fsp3) is 0.765. The molecule has 0 amide bonds. The summed E-state index contributed by atoms with van der Waals surface area (Å²) in [6.45, 7) is 11.0. The van der Waals surface area contributed by atoms with Gasteiger partial charge in [0, 0.05) is 30.3 Å². The largest absolute Gasteiger partial charge is 0.493 e. The van der Waals surface area contributed by atoms with Gasteiger partial charge in [-0.15, -0.1) is 0 Å². The molecule has 1 aliphatic heterocycles. The summed E-state index contributed by atoms with van der Waals surface area (Å²) in [5.41, 5.74) is 0.681. The first-order valence-corrected chi connectivity index (χ1v) is 7.87. The molecule has 1 N–H and O–H groups in total. The zero-order valence-corrected chi connectivity index (χ0v) is 14.0. The van der Waals surface area contributed by atoms with Crippen molar-refractivity contribution in [2.24, 2.45) is 17.8 Å². The highest BCUT2D eigenvalue weighted by Crippen LogP contribution is 2.34. The Labute approximate surface area is 127 Å². The van der Waals surface area contributed by atoms with Crippen LogP contribution in [0.5, 0.6) is 0 Å². The van der Waals surface area contributed by atoms with Gasteiger partial charge >= 0.3 is 0 Å². The van der Waals surface area contributed by atoms with Crippen LogP contribution in [0, 0.1) is 17.8 Å². The quantitative estimate of drug-likeness (QED) is 0.818. The topological polar surface area (TPSA) is 63.6 Å². The molecule has 21 heavy (non-hydrogen) atoms. The number of ether oxygens (including phenoxy) is 1. The summed E-state index contributed by atoms with van der Waals surface area (Å²) < 4.78 is 5.96. The van der Waals surface area contributed by atoms with Crippen LogP contribution in [-0.2, 0) is 14.3 Å². The van der Waals surface area contributed by atoms with E-state index in [0.29, 0.717) is 24.2 Å². The lowest BCUT2D eigenvalue weighted by Gasteiger charge is -2.38. The van der Waals surface area contributed by atoms with E-state index in [-0.39, 0.29) is 29.5 Å². The molecule has 0 spiro atoms. The third-order valence-corrected chi connectivity index (χ3v) is 4.72. The maximum absolute atomic E-state index is 12.3. The summed E-state index contributed by atoms with van der Waals surface area (Å²) in [5.74, 6) is -0.189. The van der Waals surface area contributed by atoms with Crippen LogP contribution in [-0.4, -0.2) is 28.9 Å². The fourth-order valence-electron chi connectivity index (χ4n) is 3.06. The van der Waals surface area contributed by atoms with E-state index >= 15 is 0 Å². The predicted octanol–water partition coefficient (Wildman–Crippen LogP) is 2.89. The monoisotopic (exact) mass is 296 g/mol. The number of aliphatic hydroxyl groups excluding tert-OH is 1. The number of ketones is 2. The Morgan fingerprint density at radius 2 is 1.90 bits per heavy atom. The standard InChI is InChI=1S/C17H28O4/c1-7-13(18)9(3)15(19)11(5)17-12(6)16(20)10(4)14(8-2)21-17/h9,11-12,15,17,19H,7-8H2,1-6H3/t9-,11-,12-,15+,17+/m0/s1. The number of hydrogen-bond acceptors (Lipinski definition) is 4. The van der Waals surface area contributed by atoms with E-state index in [1.165, 1.54) is 0 Å². The number of carbonyl (C=O) groups is 2. The lowest BCUT2D eigenvalue weighted by Crippen LogP contribution is -2.45. The highest BCUT2D eigenvalue weighted by atomic mass is 16.5. The van der Waals surface area contributed by atoms with Gasteiger partial charge in [-0.3, -0.25) is 9.59 Å². The van der Waals surface area contributed by atoms with Crippen LogP contribution < -0.4 is 0 Å². The molecule has 0 aromatic heterocycles. The Balaban J connectivity index is 2.94. The van der Waals surface area contributed by atoms with Crippen LogP contribution in [0.3, 0.4) is 0 Å². The van der Waals surface area contributed by atoms with Crippen LogP contribution in [0.1, 0.15) is 54.4 Å². The van der Waals surface area contributed by atoms with Gasteiger partial charge in [0.2, 0.25) is 0 Å². The van der Waals surface area contributed by atoms with Gasteiger partial charge in [0.15, 0.2) is 5.78 Å². The van der Waals surface area contributed by atoms with Gasteiger partial charge in [0.05, 0.1) is 12.0 Å². The fourth-order valence-corrected chi connectivity index (χ4v) is 3.06. The summed E-state index contributed by atoms with van der Waals surface area (Å²) in [7, 11) is 0. The average molecular weight is 296 g/mol. The van der Waals surface area contributed by atoms with Gasteiger partial charge in [0.25, 0.3) is 0 Å². The molecule has 0 fully saturated rings. The highest BCUT2D eigenvalue weighted by molar-refractivity contribution is 5.98. The summed E-state index contributed by atoms with van der Waals surface area (Å²) >= 11 is 0. The SMILES string of the molecule is CCC(=O)[C@H](C)[C@@H](O)[C@H](C)[C@H]1OC(CC)=C(C)C(=O)[C@@H]1C. The van der Waals surface area contributed by atoms with Gasteiger partial charge in [-0.1, -0.05) is 34.6 Å². The number of aliphatic hydroxyl groups is 1. The molecule has 120 valence electrons. The van der Waals surface area contributed by atoms with Crippen molar-refractivity contribution >= 4 is 11.6 Å². The van der Waals surface area contributed by atoms with E-state index < -0.39 is 12.0 Å². The van der Waals surface area contributed by atoms with Gasteiger partial charge in [-0.25, -0.2) is 0 Å². The van der Waals surface area contributed by atoms with Crippen LogP contribution >= 0.6 is 0 Å². The minimum atomic E-state index is -0.797. The van der Waals surface area contributed by atoms with E-state index in [1.807, 2.05) is 20.8 Å². The maximum Gasteiger partial charge on any atom is 0.168 e. The Bertz CT molecular complexity index is 438. The maximum atomic E-state index is 12.3.